The van der Waals surface area contributed by atoms with Crippen LogP contribution in [0.4, 0.5) is 0 Å². The summed E-state index contributed by atoms with van der Waals surface area (Å²) in [5, 5.41) is 12.2. The van der Waals surface area contributed by atoms with Gasteiger partial charge in [0.1, 0.15) is 0 Å². The molecule has 0 fully saturated rings. The fourth-order valence-corrected chi connectivity index (χ4v) is 2.78. The number of rotatable bonds is 1. The van der Waals surface area contributed by atoms with Gasteiger partial charge in [0.25, 0.3) is 0 Å². The van der Waals surface area contributed by atoms with Crippen LogP contribution >= 0.6 is 27.3 Å². The molecule has 0 aliphatic carbocycles. The quantitative estimate of drug-likeness (QED) is 0.815. The van der Waals surface area contributed by atoms with Gasteiger partial charge in [0, 0.05) is 9.17 Å². The van der Waals surface area contributed by atoms with E-state index in [1.807, 2.05) is 12.1 Å². The molecule has 0 bridgehead atoms. The third-order valence-corrected chi connectivity index (χ3v) is 3.60. The second-order valence-electron chi connectivity index (χ2n) is 2.57. The number of fused-ring (bicyclic) bond motifs is 1. The van der Waals surface area contributed by atoms with E-state index in [9.17, 15) is 0 Å². The number of benzene rings is 1. The normalized spacial score (nSPS) is 10.8. The van der Waals surface area contributed by atoms with Crippen LogP contribution in [0.15, 0.2) is 28.1 Å². The van der Waals surface area contributed by atoms with Gasteiger partial charge in [-0.25, -0.2) is 0 Å². The Labute approximate surface area is 82.8 Å². The summed E-state index contributed by atoms with van der Waals surface area (Å²) in [5.41, 5.74) is 0.952. The van der Waals surface area contributed by atoms with Crippen LogP contribution < -0.4 is 0 Å². The lowest BCUT2D eigenvalue weighted by molar-refractivity contribution is 0.282. The van der Waals surface area contributed by atoms with Crippen molar-refractivity contribution in [2.75, 3.05) is 0 Å². The average Bonchev–Trinajstić information content (AvgIpc) is 2.52. The number of hydrogen-bond acceptors (Lipinski definition) is 2. The van der Waals surface area contributed by atoms with E-state index in [1.165, 1.54) is 10.1 Å². The van der Waals surface area contributed by atoms with Gasteiger partial charge >= 0.3 is 0 Å². The number of thiophene rings is 1. The minimum Gasteiger partial charge on any atom is -0.392 e. The molecule has 0 saturated carbocycles. The molecule has 0 unspecified atom stereocenters. The fourth-order valence-electron chi connectivity index (χ4n) is 1.19. The van der Waals surface area contributed by atoms with Crippen molar-refractivity contribution >= 4 is 37.4 Å². The lowest BCUT2D eigenvalue weighted by Crippen LogP contribution is -1.81. The lowest BCUT2D eigenvalue weighted by atomic mass is 10.2. The maximum absolute atomic E-state index is 8.94. The highest BCUT2D eigenvalue weighted by molar-refractivity contribution is 9.10. The smallest absolute Gasteiger partial charge is 0.0682 e. The Morgan fingerprint density at radius 1 is 1.42 bits per heavy atom. The molecular formula is C9H7BrOS. The summed E-state index contributed by atoms with van der Waals surface area (Å²) in [6.07, 6.45) is 0. The molecule has 1 aromatic carbocycles. The number of hydrogen-bond donors (Lipinski definition) is 1. The molecule has 1 N–H and O–H groups in total. The molecule has 0 aliphatic rings. The van der Waals surface area contributed by atoms with Gasteiger partial charge < -0.3 is 5.11 Å². The van der Waals surface area contributed by atoms with Gasteiger partial charge in [-0.05, 0) is 50.5 Å². The van der Waals surface area contributed by atoms with Crippen molar-refractivity contribution < 1.29 is 5.11 Å². The van der Waals surface area contributed by atoms with Crippen molar-refractivity contribution in [1.82, 2.24) is 0 Å². The summed E-state index contributed by atoms with van der Waals surface area (Å²) in [6.45, 7) is 0.102. The fraction of sp³-hybridized carbons (Fsp3) is 0.111. The first-order valence-electron chi connectivity index (χ1n) is 3.58. The van der Waals surface area contributed by atoms with Crippen LogP contribution in [-0.2, 0) is 6.61 Å². The molecule has 0 aliphatic heterocycles. The molecule has 1 nitrogen and oxygen atoms in total. The van der Waals surface area contributed by atoms with E-state index in [0.29, 0.717) is 0 Å². The van der Waals surface area contributed by atoms with Crippen molar-refractivity contribution in [2.24, 2.45) is 0 Å². The van der Waals surface area contributed by atoms with Crippen molar-refractivity contribution in [3.05, 3.63) is 33.6 Å². The Kier molecular flexibility index (Phi) is 2.17. The molecule has 0 radical (unpaired) electrons. The zero-order chi connectivity index (χ0) is 8.55. The van der Waals surface area contributed by atoms with Gasteiger partial charge in [-0.2, -0.15) is 0 Å². The third kappa shape index (κ3) is 1.28. The number of aliphatic hydroxyl groups excluding tert-OH is 1. The summed E-state index contributed by atoms with van der Waals surface area (Å²) in [7, 11) is 0. The Balaban J connectivity index is 2.75. The Morgan fingerprint density at radius 2 is 2.25 bits per heavy atom. The van der Waals surface area contributed by atoms with Crippen LogP contribution in [0, 0.1) is 0 Å². The first-order chi connectivity index (χ1) is 5.81. The molecular weight excluding hydrogens is 236 g/mol. The van der Waals surface area contributed by atoms with Gasteiger partial charge in [-0.15, -0.1) is 11.3 Å². The summed E-state index contributed by atoms with van der Waals surface area (Å²) in [4.78, 5) is 0. The molecule has 1 heterocycles. The zero-order valence-corrected chi connectivity index (χ0v) is 8.65. The Bertz CT molecular complexity index is 408. The van der Waals surface area contributed by atoms with Gasteiger partial charge in [0.15, 0.2) is 0 Å². The van der Waals surface area contributed by atoms with Gasteiger partial charge in [-0.1, -0.05) is 0 Å². The monoisotopic (exact) mass is 242 g/mol. The number of halogens is 1. The molecule has 0 atom stereocenters. The first-order valence-corrected chi connectivity index (χ1v) is 5.25. The van der Waals surface area contributed by atoms with Crippen LogP contribution in [0.1, 0.15) is 5.56 Å². The standard InChI is InChI=1S/C9H7BrOS/c10-8-4-6(5-11)3-7-1-2-12-9(7)8/h1-4,11H,5H2. The van der Waals surface area contributed by atoms with Crippen LogP contribution in [-0.4, -0.2) is 5.11 Å². The highest BCUT2D eigenvalue weighted by atomic mass is 79.9. The van der Waals surface area contributed by atoms with E-state index >= 15 is 0 Å². The average molecular weight is 243 g/mol. The number of aliphatic hydroxyl groups is 1. The van der Waals surface area contributed by atoms with Crippen molar-refractivity contribution in [3.63, 3.8) is 0 Å². The van der Waals surface area contributed by atoms with Gasteiger partial charge in [0.05, 0.1) is 6.61 Å². The second kappa shape index (κ2) is 3.17. The van der Waals surface area contributed by atoms with Crippen LogP contribution in [0.25, 0.3) is 10.1 Å². The molecule has 0 saturated heterocycles. The SMILES string of the molecule is OCc1cc(Br)c2sccc2c1. The van der Waals surface area contributed by atoms with Crippen LogP contribution in [0.2, 0.25) is 0 Å². The van der Waals surface area contributed by atoms with E-state index in [0.717, 1.165) is 10.0 Å². The molecule has 2 aromatic rings. The summed E-state index contributed by atoms with van der Waals surface area (Å²) >= 11 is 5.17. The van der Waals surface area contributed by atoms with Crippen LogP contribution in [0.3, 0.4) is 0 Å². The Hall–Kier alpha value is -0.380. The lowest BCUT2D eigenvalue weighted by Gasteiger charge is -1.98. The maximum atomic E-state index is 8.94. The van der Waals surface area contributed by atoms with Crippen molar-refractivity contribution in [3.8, 4) is 0 Å². The third-order valence-electron chi connectivity index (χ3n) is 1.75. The van der Waals surface area contributed by atoms with E-state index in [2.05, 4.69) is 27.4 Å². The summed E-state index contributed by atoms with van der Waals surface area (Å²) < 4.78 is 2.31. The van der Waals surface area contributed by atoms with E-state index in [4.69, 9.17) is 5.11 Å². The van der Waals surface area contributed by atoms with Gasteiger partial charge in [-0.3, -0.25) is 0 Å². The highest BCUT2D eigenvalue weighted by Gasteiger charge is 2.01. The molecule has 12 heavy (non-hydrogen) atoms. The van der Waals surface area contributed by atoms with E-state index < -0.39 is 0 Å². The largest absolute Gasteiger partial charge is 0.392 e. The van der Waals surface area contributed by atoms with Gasteiger partial charge in [0.2, 0.25) is 0 Å². The Morgan fingerprint density at radius 3 is 3.00 bits per heavy atom. The van der Waals surface area contributed by atoms with E-state index in [1.54, 1.807) is 11.3 Å². The van der Waals surface area contributed by atoms with Crippen molar-refractivity contribution in [1.29, 1.82) is 0 Å². The topological polar surface area (TPSA) is 20.2 Å². The van der Waals surface area contributed by atoms with Crippen molar-refractivity contribution in [2.45, 2.75) is 6.61 Å². The summed E-state index contributed by atoms with van der Waals surface area (Å²) in [5.74, 6) is 0. The minimum absolute atomic E-state index is 0.102. The molecule has 3 heteroatoms. The predicted octanol–water partition coefficient (Wildman–Crippen LogP) is 3.16. The predicted molar refractivity (Wildman–Crippen MR) is 55.4 cm³/mol. The summed E-state index contributed by atoms with van der Waals surface area (Å²) in [6, 6.07) is 6.03. The molecule has 0 amide bonds. The molecule has 0 spiro atoms. The zero-order valence-electron chi connectivity index (χ0n) is 6.25. The molecule has 2 rings (SSSR count). The molecule has 1 aromatic heterocycles. The maximum Gasteiger partial charge on any atom is 0.0682 e. The van der Waals surface area contributed by atoms with Crippen LogP contribution in [0.5, 0.6) is 0 Å². The van der Waals surface area contributed by atoms with E-state index in [-0.39, 0.29) is 6.61 Å². The highest BCUT2D eigenvalue weighted by Crippen LogP contribution is 2.30. The second-order valence-corrected chi connectivity index (χ2v) is 4.35. The minimum atomic E-state index is 0.102. The molecule has 62 valence electrons. The first kappa shape index (κ1) is 8.23.